The lowest BCUT2D eigenvalue weighted by Crippen LogP contribution is -2.45. The van der Waals surface area contributed by atoms with Crippen molar-refractivity contribution in [3.63, 3.8) is 0 Å². The Morgan fingerprint density at radius 1 is 1.20 bits per heavy atom. The molecule has 8 heteroatoms. The molecule has 7 nitrogen and oxygen atoms in total. The number of hydrogen-bond donors (Lipinski definition) is 2. The highest BCUT2D eigenvalue weighted by Gasteiger charge is 2.24. The average molecular weight is 525 g/mol. The number of unbranched alkanes of at least 4 members (excludes halogenated alkanes) is 1. The number of nitrogens with one attached hydrogen (secondary N) is 2. The van der Waals surface area contributed by atoms with Gasteiger partial charge >= 0.3 is 0 Å². The molecule has 1 saturated heterocycles. The summed E-state index contributed by atoms with van der Waals surface area (Å²) in [5.74, 6) is 2.66. The van der Waals surface area contributed by atoms with Crippen LogP contribution in [0.15, 0.2) is 35.3 Å². The van der Waals surface area contributed by atoms with Crippen molar-refractivity contribution in [2.24, 2.45) is 12.0 Å². The number of nitrogens with zero attached hydrogens (tertiary/aromatic N) is 5. The number of hydrogen-bond acceptors (Lipinski definition) is 4. The van der Waals surface area contributed by atoms with E-state index in [0.717, 1.165) is 56.6 Å². The van der Waals surface area contributed by atoms with E-state index in [0.29, 0.717) is 12.6 Å². The third-order valence-corrected chi connectivity index (χ3v) is 5.62. The Bertz CT molecular complexity index is 775. The largest absolute Gasteiger partial charge is 0.356 e. The Labute approximate surface area is 197 Å². The third-order valence-electron chi connectivity index (χ3n) is 5.62. The van der Waals surface area contributed by atoms with E-state index in [2.05, 4.69) is 63.0 Å². The normalized spacial score (nSPS) is 17.0. The lowest BCUT2D eigenvalue weighted by Gasteiger charge is -2.25. The summed E-state index contributed by atoms with van der Waals surface area (Å²) in [4.78, 5) is 7.34. The van der Waals surface area contributed by atoms with Crippen LogP contribution in [0.2, 0.25) is 0 Å². The Balaban J connectivity index is 0.00000320. The first-order valence-electron chi connectivity index (χ1n) is 10.8. The molecule has 0 aliphatic carbocycles. The Morgan fingerprint density at radius 2 is 2.00 bits per heavy atom. The fourth-order valence-electron chi connectivity index (χ4n) is 3.66. The van der Waals surface area contributed by atoms with Crippen LogP contribution in [0.3, 0.4) is 0 Å². The summed E-state index contributed by atoms with van der Waals surface area (Å²) in [5.41, 5.74) is 1.38. The molecular formula is C22H36IN7. The van der Waals surface area contributed by atoms with Gasteiger partial charge in [0.15, 0.2) is 11.8 Å². The summed E-state index contributed by atoms with van der Waals surface area (Å²) in [6.45, 7) is 8.70. The van der Waals surface area contributed by atoms with E-state index in [9.17, 15) is 0 Å². The summed E-state index contributed by atoms with van der Waals surface area (Å²) in [6.07, 6.45) is 4.78. The van der Waals surface area contributed by atoms with Crippen molar-refractivity contribution in [1.29, 1.82) is 0 Å². The average Bonchev–Trinajstić information content (AvgIpc) is 3.31. The number of guanidine groups is 1. The van der Waals surface area contributed by atoms with Gasteiger partial charge in [0.05, 0.1) is 0 Å². The first-order valence-corrected chi connectivity index (χ1v) is 10.8. The molecule has 0 bridgehead atoms. The Kier molecular flexibility index (Phi) is 10.6. The van der Waals surface area contributed by atoms with Gasteiger partial charge in [-0.2, -0.15) is 0 Å². The zero-order chi connectivity index (χ0) is 20.5. The van der Waals surface area contributed by atoms with E-state index in [1.165, 1.54) is 18.4 Å². The molecule has 0 saturated carbocycles. The minimum absolute atomic E-state index is 0. The van der Waals surface area contributed by atoms with Crippen molar-refractivity contribution in [3.05, 3.63) is 47.5 Å². The lowest BCUT2D eigenvalue weighted by molar-refractivity contribution is 0.245. The first-order chi connectivity index (χ1) is 14.2. The highest BCUT2D eigenvalue weighted by atomic mass is 127. The number of likely N-dealkylation sites (tertiary alicyclic amines) is 1. The van der Waals surface area contributed by atoms with E-state index in [-0.39, 0.29) is 24.0 Å². The number of aliphatic imine (C=N–C) groups is 1. The number of aromatic nitrogens is 3. The minimum Gasteiger partial charge on any atom is -0.356 e. The first kappa shape index (κ1) is 24.6. The molecular weight excluding hydrogens is 489 g/mol. The summed E-state index contributed by atoms with van der Waals surface area (Å²) in [7, 11) is 1.98. The molecule has 2 heterocycles. The van der Waals surface area contributed by atoms with Gasteiger partial charge in [-0.25, -0.2) is 4.99 Å². The molecule has 2 aromatic rings. The summed E-state index contributed by atoms with van der Waals surface area (Å²) in [6, 6.07) is 11.3. The fourth-order valence-corrected chi connectivity index (χ4v) is 3.66. The quantitative estimate of drug-likeness (QED) is 0.228. The van der Waals surface area contributed by atoms with Crippen molar-refractivity contribution in [1.82, 2.24) is 30.3 Å². The van der Waals surface area contributed by atoms with E-state index < -0.39 is 0 Å². The number of halogens is 1. The molecule has 30 heavy (non-hydrogen) atoms. The molecule has 1 fully saturated rings. The maximum Gasteiger partial charge on any atom is 0.191 e. The van der Waals surface area contributed by atoms with Gasteiger partial charge in [0.25, 0.3) is 0 Å². The predicted octanol–water partition coefficient (Wildman–Crippen LogP) is 3.24. The van der Waals surface area contributed by atoms with Gasteiger partial charge in [-0.05, 0) is 38.3 Å². The molecule has 1 aliphatic rings. The van der Waals surface area contributed by atoms with E-state index >= 15 is 0 Å². The predicted molar refractivity (Wildman–Crippen MR) is 133 cm³/mol. The smallest absolute Gasteiger partial charge is 0.191 e. The van der Waals surface area contributed by atoms with Crippen molar-refractivity contribution in [2.45, 2.75) is 58.7 Å². The topological polar surface area (TPSA) is 70.4 Å². The summed E-state index contributed by atoms with van der Waals surface area (Å²) in [5, 5.41) is 15.4. The van der Waals surface area contributed by atoms with Crippen LogP contribution in [0, 0.1) is 6.92 Å². The summed E-state index contributed by atoms with van der Waals surface area (Å²) < 4.78 is 1.99. The van der Waals surface area contributed by atoms with Gasteiger partial charge in [0, 0.05) is 32.7 Å². The van der Waals surface area contributed by atoms with Crippen LogP contribution in [-0.2, 0) is 20.1 Å². The van der Waals surface area contributed by atoms with Crippen LogP contribution in [0.25, 0.3) is 0 Å². The van der Waals surface area contributed by atoms with E-state index in [4.69, 9.17) is 4.99 Å². The van der Waals surface area contributed by atoms with Gasteiger partial charge in [-0.1, -0.05) is 43.7 Å². The van der Waals surface area contributed by atoms with Crippen LogP contribution >= 0.6 is 24.0 Å². The third kappa shape index (κ3) is 7.23. The van der Waals surface area contributed by atoms with Gasteiger partial charge < -0.3 is 15.2 Å². The van der Waals surface area contributed by atoms with Crippen LogP contribution < -0.4 is 10.6 Å². The molecule has 1 aromatic carbocycles. The molecule has 0 amide bonds. The van der Waals surface area contributed by atoms with Gasteiger partial charge in [0.2, 0.25) is 0 Å². The van der Waals surface area contributed by atoms with Crippen molar-refractivity contribution in [3.8, 4) is 0 Å². The molecule has 2 N–H and O–H groups in total. The van der Waals surface area contributed by atoms with Crippen LogP contribution in [-0.4, -0.2) is 51.3 Å². The number of rotatable bonds is 9. The van der Waals surface area contributed by atoms with Crippen molar-refractivity contribution in [2.75, 3.05) is 19.6 Å². The summed E-state index contributed by atoms with van der Waals surface area (Å²) >= 11 is 0. The molecule has 1 unspecified atom stereocenters. The SMILES string of the molecule is CCCCNC(=NCc1nnc(C)n1C)NCC1CCCN1Cc1ccccc1.I. The van der Waals surface area contributed by atoms with Crippen molar-refractivity contribution < 1.29 is 0 Å². The molecule has 0 spiro atoms. The fraction of sp³-hybridized carbons (Fsp3) is 0.591. The Morgan fingerprint density at radius 3 is 2.70 bits per heavy atom. The zero-order valence-corrected chi connectivity index (χ0v) is 20.8. The lowest BCUT2D eigenvalue weighted by atomic mass is 10.2. The van der Waals surface area contributed by atoms with E-state index in [1.54, 1.807) is 0 Å². The second-order valence-corrected chi connectivity index (χ2v) is 7.80. The van der Waals surface area contributed by atoms with Gasteiger partial charge in [-0.15, -0.1) is 34.2 Å². The molecule has 3 rings (SSSR count). The Hall–Kier alpha value is -1.68. The van der Waals surface area contributed by atoms with E-state index in [1.807, 2.05) is 18.5 Å². The minimum atomic E-state index is 0. The highest BCUT2D eigenvalue weighted by Crippen LogP contribution is 2.19. The zero-order valence-electron chi connectivity index (χ0n) is 18.5. The standard InChI is InChI=1S/C22H35N7.HI/c1-4-5-13-23-22(25-16-21-27-26-18(2)28(21)3)24-15-20-12-9-14-29(20)17-19-10-7-6-8-11-19;/h6-8,10-11,20H,4-5,9,12-17H2,1-3H3,(H2,23,24,25);1H. The second kappa shape index (κ2) is 12.9. The van der Waals surface area contributed by atoms with Crippen LogP contribution in [0.4, 0.5) is 0 Å². The molecule has 1 aromatic heterocycles. The highest BCUT2D eigenvalue weighted by molar-refractivity contribution is 14.0. The monoisotopic (exact) mass is 525 g/mol. The number of benzene rings is 1. The molecule has 0 radical (unpaired) electrons. The molecule has 1 aliphatic heterocycles. The molecule has 166 valence electrons. The second-order valence-electron chi connectivity index (χ2n) is 7.80. The van der Waals surface area contributed by atoms with Gasteiger partial charge in [-0.3, -0.25) is 4.90 Å². The van der Waals surface area contributed by atoms with Crippen molar-refractivity contribution >= 4 is 29.9 Å². The van der Waals surface area contributed by atoms with Crippen LogP contribution in [0.5, 0.6) is 0 Å². The maximum absolute atomic E-state index is 4.76. The number of aryl methyl sites for hydroxylation is 1. The van der Waals surface area contributed by atoms with Gasteiger partial charge in [0.1, 0.15) is 12.4 Å². The maximum atomic E-state index is 4.76. The van der Waals surface area contributed by atoms with Crippen LogP contribution in [0.1, 0.15) is 49.8 Å². The molecule has 1 atom stereocenters.